The monoisotopic (exact) mass is 215 g/mol. The van der Waals surface area contributed by atoms with Crippen molar-refractivity contribution >= 4 is 5.97 Å². The van der Waals surface area contributed by atoms with E-state index >= 15 is 0 Å². The molecular weight excluding hydrogens is 196 g/mol. The molecule has 0 aromatic rings. The smallest absolute Gasteiger partial charge is 0.156 e. The predicted molar refractivity (Wildman–Crippen MR) is 52.9 cm³/mol. The average Bonchev–Trinajstić information content (AvgIpc) is 2.69. The van der Waals surface area contributed by atoms with Crippen LogP contribution in [0, 0.1) is 5.41 Å². The first-order valence-electron chi connectivity index (χ1n) is 5.42. The van der Waals surface area contributed by atoms with E-state index in [2.05, 4.69) is 0 Å². The van der Waals surface area contributed by atoms with E-state index in [4.69, 9.17) is 9.47 Å². The van der Waals surface area contributed by atoms with Gasteiger partial charge in [0, 0.05) is 25.6 Å². The van der Waals surface area contributed by atoms with E-state index in [1.165, 1.54) is 0 Å². The second-order valence-corrected chi connectivity index (χ2v) is 4.21. The maximum absolute atomic E-state index is 11.1. The van der Waals surface area contributed by atoms with E-state index in [9.17, 15) is 9.90 Å². The highest BCUT2D eigenvalue weighted by Gasteiger charge is 2.35. The minimum atomic E-state index is -0.911. The van der Waals surface area contributed by atoms with Gasteiger partial charge in [0.2, 0.25) is 0 Å². The lowest BCUT2D eigenvalue weighted by molar-refractivity contribution is -0.320. The lowest BCUT2D eigenvalue weighted by Gasteiger charge is -2.31. The Bertz CT molecular complexity index is 205. The van der Waals surface area contributed by atoms with E-state index in [1.54, 1.807) is 14.2 Å². The van der Waals surface area contributed by atoms with Crippen molar-refractivity contribution in [2.45, 2.75) is 44.8 Å². The van der Waals surface area contributed by atoms with Crippen molar-refractivity contribution in [1.29, 1.82) is 0 Å². The zero-order valence-electron chi connectivity index (χ0n) is 9.45. The molecule has 4 heteroatoms. The molecule has 0 aromatic heterocycles. The second-order valence-electron chi connectivity index (χ2n) is 4.21. The second kappa shape index (κ2) is 5.47. The van der Waals surface area contributed by atoms with E-state index in [0.717, 1.165) is 25.7 Å². The summed E-state index contributed by atoms with van der Waals surface area (Å²) in [5.41, 5.74) is -0.630. The molecule has 0 spiro atoms. The fourth-order valence-corrected chi connectivity index (χ4v) is 2.33. The van der Waals surface area contributed by atoms with Crippen molar-refractivity contribution in [3.63, 3.8) is 0 Å². The van der Waals surface area contributed by atoms with Gasteiger partial charge in [-0.15, -0.1) is 0 Å². The third-order valence-electron chi connectivity index (χ3n) is 3.38. The molecule has 1 fully saturated rings. The lowest BCUT2D eigenvalue weighted by Crippen LogP contribution is -2.41. The first-order valence-corrected chi connectivity index (χ1v) is 5.42. The number of rotatable bonds is 6. The lowest BCUT2D eigenvalue weighted by atomic mass is 9.81. The number of carbonyl (C=O) groups is 1. The standard InChI is InChI=1S/C11H20O4/c1-14-9(15-2)5-8-11(10(12)13)6-3-4-7-11/h9H,3-8H2,1-2H3,(H,12,13)/p-1. The Hall–Kier alpha value is -0.610. The first-order chi connectivity index (χ1) is 7.14. The molecule has 0 amide bonds. The van der Waals surface area contributed by atoms with Crippen LogP contribution >= 0.6 is 0 Å². The van der Waals surface area contributed by atoms with Gasteiger partial charge in [-0.05, 0) is 25.7 Å². The SMILES string of the molecule is COC(CCC1(C(=O)[O-])CCCC1)OC. The fourth-order valence-electron chi connectivity index (χ4n) is 2.33. The molecule has 0 N–H and O–H groups in total. The first kappa shape index (κ1) is 12.5. The molecule has 15 heavy (non-hydrogen) atoms. The molecular formula is C11H19O4-. The minimum Gasteiger partial charge on any atom is -0.550 e. The number of aliphatic carboxylic acids is 1. The summed E-state index contributed by atoms with van der Waals surface area (Å²) in [6.45, 7) is 0. The molecule has 1 rings (SSSR count). The van der Waals surface area contributed by atoms with Crippen LogP contribution in [0.3, 0.4) is 0 Å². The number of carboxylic acid groups (broad SMARTS) is 1. The highest BCUT2D eigenvalue weighted by atomic mass is 16.7. The van der Waals surface area contributed by atoms with Gasteiger partial charge < -0.3 is 19.4 Å². The van der Waals surface area contributed by atoms with E-state index in [1.807, 2.05) is 0 Å². The summed E-state index contributed by atoms with van der Waals surface area (Å²) in [4.78, 5) is 11.1. The molecule has 0 unspecified atom stereocenters. The Morgan fingerprint density at radius 3 is 2.27 bits per heavy atom. The van der Waals surface area contributed by atoms with Gasteiger partial charge in [0.15, 0.2) is 6.29 Å². The highest BCUT2D eigenvalue weighted by molar-refractivity contribution is 5.72. The Balaban J connectivity index is 2.49. The van der Waals surface area contributed by atoms with Crippen molar-refractivity contribution in [3.05, 3.63) is 0 Å². The Kier molecular flexibility index (Phi) is 4.54. The van der Waals surface area contributed by atoms with Crippen molar-refractivity contribution in [2.24, 2.45) is 5.41 Å². The predicted octanol–water partition coefficient (Wildman–Crippen LogP) is 0.696. The van der Waals surface area contributed by atoms with Gasteiger partial charge in [0.1, 0.15) is 0 Å². The van der Waals surface area contributed by atoms with Crippen LogP contribution in [0.1, 0.15) is 38.5 Å². The minimum absolute atomic E-state index is 0.304. The molecule has 0 aliphatic heterocycles. The zero-order valence-corrected chi connectivity index (χ0v) is 9.45. The van der Waals surface area contributed by atoms with Gasteiger partial charge in [-0.2, -0.15) is 0 Å². The average molecular weight is 215 g/mol. The number of hydrogen-bond acceptors (Lipinski definition) is 4. The maximum Gasteiger partial charge on any atom is 0.156 e. The normalized spacial score (nSPS) is 19.7. The molecule has 1 saturated carbocycles. The number of methoxy groups -OCH3 is 2. The molecule has 0 heterocycles. The van der Waals surface area contributed by atoms with Gasteiger partial charge in [-0.3, -0.25) is 0 Å². The third-order valence-corrected chi connectivity index (χ3v) is 3.38. The van der Waals surface area contributed by atoms with Crippen LogP contribution < -0.4 is 5.11 Å². The van der Waals surface area contributed by atoms with Gasteiger partial charge in [-0.1, -0.05) is 12.8 Å². The van der Waals surface area contributed by atoms with Crippen LogP contribution in [0.25, 0.3) is 0 Å². The molecule has 0 aromatic carbocycles. The quantitative estimate of drug-likeness (QED) is 0.612. The van der Waals surface area contributed by atoms with Crippen molar-refractivity contribution in [1.82, 2.24) is 0 Å². The van der Waals surface area contributed by atoms with Gasteiger partial charge >= 0.3 is 0 Å². The molecule has 4 nitrogen and oxygen atoms in total. The van der Waals surface area contributed by atoms with Gasteiger partial charge in [0.05, 0.1) is 0 Å². The van der Waals surface area contributed by atoms with E-state index < -0.39 is 11.4 Å². The zero-order chi connectivity index (χ0) is 11.3. The summed E-state index contributed by atoms with van der Waals surface area (Å²) in [5.74, 6) is -0.911. The molecule has 88 valence electrons. The topological polar surface area (TPSA) is 58.6 Å². The summed E-state index contributed by atoms with van der Waals surface area (Å²) in [6.07, 6.45) is 4.33. The summed E-state index contributed by atoms with van der Waals surface area (Å²) in [5, 5.41) is 11.1. The largest absolute Gasteiger partial charge is 0.550 e. The number of carbonyl (C=O) groups excluding carboxylic acids is 1. The number of hydrogen-bond donors (Lipinski definition) is 0. The van der Waals surface area contributed by atoms with Crippen LogP contribution in [0.5, 0.6) is 0 Å². The third kappa shape index (κ3) is 2.92. The molecule has 0 atom stereocenters. The van der Waals surface area contributed by atoms with Gasteiger partial charge in [0.25, 0.3) is 0 Å². The summed E-state index contributed by atoms with van der Waals surface area (Å²) < 4.78 is 10.1. The highest BCUT2D eigenvalue weighted by Crippen LogP contribution is 2.41. The van der Waals surface area contributed by atoms with Crippen LogP contribution in [0.4, 0.5) is 0 Å². The van der Waals surface area contributed by atoms with Crippen molar-refractivity contribution < 1.29 is 19.4 Å². The number of carboxylic acids is 1. The molecule has 0 radical (unpaired) electrons. The molecule has 1 aliphatic rings. The molecule has 0 bridgehead atoms. The van der Waals surface area contributed by atoms with Crippen LogP contribution in [0.15, 0.2) is 0 Å². The van der Waals surface area contributed by atoms with Crippen LogP contribution in [-0.2, 0) is 14.3 Å². The summed E-state index contributed by atoms with van der Waals surface area (Å²) >= 11 is 0. The van der Waals surface area contributed by atoms with E-state index in [0.29, 0.717) is 12.8 Å². The molecule has 0 saturated heterocycles. The summed E-state index contributed by atoms with van der Waals surface area (Å²) in [7, 11) is 3.13. The fraction of sp³-hybridized carbons (Fsp3) is 0.909. The van der Waals surface area contributed by atoms with E-state index in [-0.39, 0.29) is 6.29 Å². The maximum atomic E-state index is 11.1. The van der Waals surface area contributed by atoms with Gasteiger partial charge in [-0.25, -0.2) is 0 Å². The van der Waals surface area contributed by atoms with Crippen molar-refractivity contribution in [2.75, 3.05) is 14.2 Å². The van der Waals surface area contributed by atoms with Crippen molar-refractivity contribution in [3.8, 4) is 0 Å². The molecule has 1 aliphatic carbocycles. The number of ether oxygens (including phenoxy) is 2. The Morgan fingerprint density at radius 1 is 1.33 bits per heavy atom. The van der Waals surface area contributed by atoms with Crippen LogP contribution in [-0.4, -0.2) is 26.5 Å². The van der Waals surface area contributed by atoms with Crippen LogP contribution in [0.2, 0.25) is 0 Å². The Labute approximate surface area is 90.6 Å². The Morgan fingerprint density at radius 2 is 1.87 bits per heavy atom. The summed E-state index contributed by atoms with van der Waals surface area (Å²) in [6, 6.07) is 0.